The second-order valence-electron chi connectivity index (χ2n) is 2.74. The zero-order chi connectivity index (χ0) is 11.1. The average molecular weight is 204 g/mol. The topological polar surface area (TPSA) is 35.5 Å². The molecule has 0 aromatic heterocycles. The third-order valence-corrected chi connectivity index (χ3v) is 1.81. The van der Waals surface area contributed by atoms with E-state index in [1.807, 2.05) is 0 Å². The van der Waals surface area contributed by atoms with Gasteiger partial charge in [0.1, 0.15) is 18.1 Å². The van der Waals surface area contributed by atoms with Crippen LogP contribution in [0.1, 0.15) is 10.4 Å². The van der Waals surface area contributed by atoms with Gasteiger partial charge < -0.3 is 9.47 Å². The van der Waals surface area contributed by atoms with Crippen molar-refractivity contribution in [2.75, 3.05) is 13.7 Å². The summed E-state index contributed by atoms with van der Waals surface area (Å²) in [5.74, 6) is 1.15. The molecule has 15 heavy (non-hydrogen) atoms. The van der Waals surface area contributed by atoms with Crippen LogP contribution in [0.15, 0.2) is 36.6 Å². The van der Waals surface area contributed by atoms with E-state index in [-0.39, 0.29) is 0 Å². The number of carbonyl (C=O) groups excluding carboxylic acids is 1. The Morgan fingerprint density at radius 1 is 1.53 bits per heavy atom. The third-order valence-electron chi connectivity index (χ3n) is 1.81. The Kier molecular flexibility index (Phi) is 4.20. The average Bonchev–Trinajstić information content (AvgIpc) is 2.29. The van der Waals surface area contributed by atoms with Gasteiger partial charge in [0.05, 0.1) is 12.7 Å². The summed E-state index contributed by atoms with van der Waals surface area (Å²) in [6.07, 6.45) is 2.38. The highest BCUT2D eigenvalue weighted by atomic mass is 16.5. The van der Waals surface area contributed by atoms with Crippen LogP contribution in [0.3, 0.4) is 0 Å². The molecule has 3 nitrogen and oxygen atoms in total. The van der Waals surface area contributed by atoms with Crippen LogP contribution in [0.5, 0.6) is 11.5 Å². The van der Waals surface area contributed by atoms with Gasteiger partial charge in [-0.3, -0.25) is 4.79 Å². The molecular formula is C12H12O3. The highest BCUT2D eigenvalue weighted by molar-refractivity contribution is 5.79. The van der Waals surface area contributed by atoms with Crippen LogP contribution in [0.25, 0.3) is 0 Å². The van der Waals surface area contributed by atoms with Gasteiger partial charge >= 0.3 is 0 Å². The summed E-state index contributed by atoms with van der Waals surface area (Å²) >= 11 is 0. The number of methoxy groups -OCH3 is 1. The Hall–Kier alpha value is -1.99. The van der Waals surface area contributed by atoms with Gasteiger partial charge in [-0.05, 0) is 18.2 Å². The summed E-state index contributed by atoms with van der Waals surface area (Å²) in [7, 11) is 1.56. The highest BCUT2D eigenvalue weighted by Gasteiger charge is 2.03. The van der Waals surface area contributed by atoms with E-state index in [4.69, 9.17) is 9.47 Å². The maximum absolute atomic E-state index is 10.7. The van der Waals surface area contributed by atoms with Crippen molar-refractivity contribution in [3.8, 4) is 11.5 Å². The van der Waals surface area contributed by atoms with Gasteiger partial charge in [-0.2, -0.15) is 0 Å². The molecule has 3 heteroatoms. The first-order valence-electron chi connectivity index (χ1n) is 4.42. The molecule has 0 unspecified atom stereocenters. The largest absolute Gasteiger partial charge is 0.497 e. The summed E-state index contributed by atoms with van der Waals surface area (Å²) in [5.41, 5.74) is 3.08. The molecule has 1 rings (SSSR count). The number of hydrogen-bond acceptors (Lipinski definition) is 3. The molecule has 0 radical (unpaired) electrons. The molecule has 0 bridgehead atoms. The van der Waals surface area contributed by atoms with Gasteiger partial charge in [0.25, 0.3) is 0 Å². The quantitative estimate of drug-likeness (QED) is 0.545. The van der Waals surface area contributed by atoms with Crippen LogP contribution >= 0.6 is 0 Å². The van der Waals surface area contributed by atoms with Gasteiger partial charge in [-0.1, -0.05) is 6.58 Å². The van der Waals surface area contributed by atoms with Gasteiger partial charge in [0.2, 0.25) is 0 Å². The summed E-state index contributed by atoms with van der Waals surface area (Å²) in [5, 5.41) is 0. The number of aldehydes is 1. The maximum Gasteiger partial charge on any atom is 0.153 e. The van der Waals surface area contributed by atoms with E-state index in [0.29, 0.717) is 23.7 Å². The molecule has 78 valence electrons. The molecule has 0 aliphatic rings. The zero-order valence-corrected chi connectivity index (χ0v) is 8.53. The molecule has 1 aromatic carbocycles. The SMILES string of the molecule is C=C=CCOc1cc(OC)ccc1C=O. The van der Waals surface area contributed by atoms with Crippen LogP contribution in [-0.4, -0.2) is 20.0 Å². The first-order chi connectivity index (χ1) is 7.31. The molecule has 0 amide bonds. The molecule has 0 N–H and O–H groups in total. The molecule has 0 aliphatic heterocycles. The first-order valence-corrected chi connectivity index (χ1v) is 4.42. The van der Waals surface area contributed by atoms with Crippen molar-refractivity contribution in [2.45, 2.75) is 0 Å². The molecule has 0 fully saturated rings. The van der Waals surface area contributed by atoms with E-state index in [2.05, 4.69) is 12.3 Å². The van der Waals surface area contributed by atoms with Crippen molar-refractivity contribution in [2.24, 2.45) is 0 Å². The third kappa shape index (κ3) is 3.01. The molecule has 1 aromatic rings. The Morgan fingerprint density at radius 2 is 2.33 bits per heavy atom. The lowest BCUT2D eigenvalue weighted by atomic mass is 10.2. The fourth-order valence-corrected chi connectivity index (χ4v) is 1.05. The summed E-state index contributed by atoms with van der Waals surface area (Å²) in [4.78, 5) is 10.7. The standard InChI is InChI=1S/C12H12O3/c1-3-4-7-15-12-8-11(14-2)6-5-10(12)9-13/h4-6,8-9H,1,7H2,2H3. The highest BCUT2D eigenvalue weighted by Crippen LogP contribution is 2.23. The summed E-state index contributed by atoms with van der Waals surface area (Å²) in [6.45, 7) is 3.74. The molecule has 0 aliphatic carbocycles. The molecule has 0 saturated heterocycles. The van der Waals surface area contributed by atoms with Crippen LogP contribution < -0.4 is 9.47 Å². The number of ether oxygens (including phenoxy) is 2. The van der Waals surface area contributed by atoms with Crippen LogP contribution in [-0.2, 0) is 0 Å². The van der Waals surface area contributed by atoms with Crippen molar-refractivity contribution < 1.29 is 14.3 Å². The number of hydrogen-bond donors (Lipinski definition) is 0. The number of carbonyl (C=O) groups is 1. The molecule has 0 saturated carbocycles. The van der Waals surface area contributed by atoms with Crippen molar-refractivity contribution in [1.29, 1.82) is 0 Å². The summed E-state index contributed by atoms with van der Waals surface area (Å²) < 4.78 is 10.4. The Labute approximate surface area is 88.6 Å². The van der Waals surface area contributed by atoms with Gasteiger partial charge in [-0.25, -0.2) is 0 Å². The monoisotopic (exact) mass is 204 g/mol. The van der Waals surface area contributed by atoms with Crippen LogP contribution in [0, 0.1) is 0 Å². The lowest BCUT2D eigenvalue weighted by Crippen LogP contribution is -1.97. The lowest BCUT2D eigenvalue weighted by Gasteiger charge is -2.07. The van der Waals surface area contributed by atoms with Gasteiger partial charge in [0, 0.05) is 6.07 Å². The lowest BCUT2D eigenvalue weighted by molar-refractivity contribution is 0.112. The first kappa shape index (κ1) is 11.1. The number of rotatable bonds is 5. The van der Waals surface area contributed by atoms with Crippen molar-refractivity contribution in [1.82, 2.24) is 0 Å². The second-order valence-corrected chi connectivity index (χ2v) is 2.74. The Balaban J connectivity index is 2.90. The van der Waals surface area contributed by atoms with Gasteiger partial charge in [-0.15, -0.1) is 5.73 Å². The molecular weight excluding hydrogens is 192 g/mol. The van der Waals surface area contributed by atoms with E-state index in [1.165, 1.54) is 0 Å². The van der Waals surface area contributed by atoms with E-state index >= 15 is 0 Å². The van der Waals surface area contributed by atoms with Crippen LogP contribution in [0.2, 0.25) is 0 Å². The van der Waals surface area contributed by atoms with E-state index in [9.17, 15) is 4.79 Å². The predicted octanol–water partition coefficient (Wildman–Crippen LogP) is 2.23. The van der Waals surface area contributed by atoms with Crippen molar-refractivity contribution in [3.63, 3.8) is 0 Å². The Morgan fingerprint density at radius 3 is 2.93 bits per heavy atom. The van der Waals surface area contributed by atoms with E-state index in [0.717, 1.165) is 6.29 Å². The van der Waals surface area contributed by atoms with Crippen molar-refractivity contribution >= 4 is 6.29 Å². The zero-order valence-electron chi connectivity index (χ0n) is 8.53. The second kappa shape index (κ2) is 5.68. The number of benzene rings is 1. The molecule has 0 heterocycles. The van der Waals surface area contributed by atoms with Crippen molar-refractivity contribution in [3.05, 3.63) is 42.1 Å². The van der Waals surface area contributed by atoms with Crippen LogP contribution in [0.4, 0.5) is 0 Å². The predicted molar refractivity (Wildman–Crippen MR) is 57.6 cm³/mol. The van der Waals surface area contributed by atoms with Gasteiger partial charge in [0.15, 0.2) is 6.29 Å². The minimum Gasteiger partial charge on any atom is -0.497 e. The fourth-order valence-electron chi connectivity index (χ4n) is 1.05. The molecule has 0 spiro atoms. The summed E-state index contributed by atoms with van der Waals surface area (Å²) in [6, 6.07) is 5.03. The minimum absolute atomic E-state index is 0.331. The van der Waals surface area contributed by atoms with E-state index < -0.39 is 0 Å². The van der Waals surface area contributed by atoms with E-state index in [1.54, 1.807) is 31.4 Å². The smallest absolute Gasteiger partial charge is 0.153 e. The normalized spacial score (nSPS) is 8.87. The minimum atomic E-state index is 0.331. The Bertz CT molecular complexity index is 390. The fraction of sp³-hybridized carbons (Fsp3) is 0.167. The molecule has 0 atom stereocenters. The maximum atomic E-state index is 10.7.